The van der Waals surface area contributed by atoms with Crippen LogP contribution in [0.1, 0.15) is 13.8 Å². The normalized spacial score (nSPS) is 45.0. The van der Waals surface area contributed by atoms with E-state index in [-0.39, 0.29) is 6.10 Å². The quantitative estimate of drug-likeness (QED) is 0.474. The molecule has 2 N–H and O–H groups in total. The molecule has 0 aromatic rings. The topological polar surface area (TPSA) is 41.5 Å². The highest BCUT2D eigenvalue weighted by atomic mass is 16.6. The van der Waals surface area contributed by atoms with Crippen LogP contribution in [0.4, 0.5) is 0 Å². The summed E-state index contributed by atoms with van der Waals surface area (Å²) in [6.07, 6.45) is 0.119. The van der Waals surface area contributed by atoms with Crippen LogP contribution in [0.2, 0.25) is 0 Å². The Balaban J connectivity index is 2.41. The summed E-state index contributed by atoms with van der Waals surface area (Å²) in [6.45, 7) is 4.95. The Bertz CT molecular complexity index is 103. The van der Waals surface area contributed by atoms with Gasteiger partial charge in [-0.25, -0.2) is 0 Å². The smallest absolute Gasteiger partial charge is 0.175 e. The lowest BCUT2D eigenvalue weighted by Crippen LogP contribution is -2.51. The Morgan fingerprint density at radius 2 is 2.44 bits per heavy atom. The van der Waals surface area contributed by atoms with Gasteiger partial charge >= 0.3 is 0 Å². The molecule has 0 amide bonds. The van der Waals surface area contributed by atoms with Crippen LogP contribution in [0.15, 0.2) is 0 Å². The minimum Gasteiger partial charge on any atom is -0.365 e. The highest BCUT2D eigenvalue weighted by molar-refractivity contribution is 4.73. The van der Waals surface area contributed by atoms with Gasteiger partial charge in [-0.05, 0) is 13.8 Å². The highest BCUT2D eigenvalue weighted by Crippen LogP contribution is 2.11. The van der Waals surface area contributed by atoms with Crippen LogP contribution >= 0.6 is 0 Å². The molecule has 0 aromatic heterocycles. The van der Waals surface area contributed by atoms with E-state index in [9.17, 15) is 5.11 Å². The third-order valence-electron chi connectivity index (χ3n) is 1.34. The first-order chi connectivity index (χ1) is 4.10. The van der Waals surface area contributed by atoms with Gasteiger partial charge in [-0.3, -0.25) is 0 Å². The molecule has 3 heteroatoms. The maximum absolute atomic E-state index is 9.26. The van der Waals surface area contributed by atoms with E-state index in [1.807, 2.05) is 6.92 Å². The van der Waals surface area contributed by atoms with E-state index in [1.165, 1.54) is 0 Å². The highest BCUT2D eigenvalue weighted by Gasteiger charge is 2.27. The van der Waals surface area contributed by atoms with Gasteiger partial charge in [-0.15, -0.1) is 0 Å². The molecule has 0 saturated carbocycles. The predicted molar refractivity (Wildman–Crippen MR) is 34.0 cm³/mol. The molecule has 2 atom stereocenters. The minimum atomic E-state index is -0.961. The molecule has 0 aliphatic carbocycles. The van der Waals surface area contributed by atoms with E-state index >= 15 is 0 Å². The Labute approximate surface area is 55.0 Å². The van der Waals surface area contributed by atoms with Crippen molar-refractivity contribution in [2.45, 2.75) is 25.7 Å². The number of aliphatic hydroxyl groups is 1. The molecule has 1 aliphatic heterocycles. The Kier molecular flexibility index (Phi) is 1.75. The van der Waals surface area contributed by atoms with E-state index in [2.05, 4.69) is 5.32 Å². The molecule has 9 heavy (non-hydrogen) atoms. The zero-order valence-corrected chi connectivity index (χ0v) is 5.85. The van der Waals surface area contributed by atoms with Crippen LogP contribution in [0.3, 0.4) is 0 Å². The van der Waals surface area contributed by atoms with Crippen molar-refractivity contribution in [3.05, 3.63) is 0 Å². The lowest BCUT2D eigenvalue weighted by Gasteiger charge is -2.33. The van der Waals surface area contributed by atoms with Crippen LogP contribution in [0.5, 0.6) is 0 Å². The fourth-order valence-electron chi connectivity index (χ4n) is 1.02. The van der Waals surface area contributed by atoms with Gasteiger partial charge in [-0.1, -0.05) is 0 Å². The van der Waals surface area contributed by atoms with Crippen LogP contribution in [0.25, 0.3) is 0 Å². The van der Waals surface area contributed by atoms with E-state index in [0.717, 1.165) is 6.54 Å². The molecule has 0 bridgehead atoms. The summed E-state index contributed by atoms with van der Waals surface area (Å²) < 4.78 is 5.17. The van der Waals surface area contributed by atoms with Crippen molar-refractivity contribution in [2.75, 3.05) is 13.1 Å². The molecule has 0 aromatic carbocycles. The van der Waals surface area contributed by atoms with Crippen LogP contribution < -0.4 is 5.32 Å². The second-order valence-electron chi connectivity index (χ2n) is 2.73. The Morgan fingerprint density at radius 1 is 1.78 bits per heavy atom. The van der Waals surface area contributed by atoms with Crippen LogP contribution in [0, 0.1) is 0 Å². The molecular weight excluding hydrogens is 118 g/mol. The number of hydrogen-bond donors (Lipinski definition) is 2. The van der Waals surface area contributed by atoms with Gasteiger partial charge in [0.15, 0.2) is 5.79 Å². The molecule has 1 saturated heterocycles. The molecular formula is C6H13NO2. The largest absolute Gasteiger partial charge is 0.365 e. The molecule has 2 unspecified atom stereocenters. The van der Waals surface area contributed by atoms with Crippen molar-refractivity contribution in [3.8, 4) is 0 Å². The zero-order chi connectivity index (χ0) is 6.91. The summed E-state index contributed by atoms with van der Waals surface area (Å²) >= 11 is 0. The summed E-state index contributed by atoms with van der Waals surface area (Å²) in [7, 11) is 0. The first kappa shape index (κ1) is 6.99. The minimum absolute atomic E-state index is 0.119. The number of rotatable bonds is 0. The van der Waals surface area contributed by atoms with E-state index in [4.69, 9.17) is 4.74 Å². The van der Waals surface area contributed by atoms with E-state index in [0.29, 0.717) is 6.54 Å². The van der Waals surface area contributed by atoms with E-state index < -0.39 is 5.79 Å². The van der Waals surface area contributed by atoms with Gasteiger partial charge in [0.05, 0.1) is 6.10 Å². The summed E-state index contributed by atoms with van der Waals surface area (Å²) in [5.41, 5.74) is 0. The summed E-state index contributed by atoms with van der Waals surface area (Å²) in [5, 5.41) is 12.3. The standard InChI is InChI=1S/C6H13NO2/c1-5-3-7-4-6(2,8)9-5/h5,7-8H,3-4H2,1-2H3. The molecule has 3 nitrogen and oxygen atoms in total. The third kappa shape index (κ3) is 1.93. The lowest BCUT2D eigenvalue weighted by molar-refractivity contribution is -0.226. The average Bonchev–Trinajstić information content (AvgIpc) is 1.60. The molecule has 1 fully saturated rings. The van der Waals surface area contributed by atoms with Crippen molar-refractivity contribution in [2.24, 2.45) is 0 Å². The predicted octanol–water partition coefficient (Wildman–Crippen LogP) is -0.297. The van der Waals surface area contributed by atoms with Gasteiger partial charge in [0.25, 0.3) is 0 Å². The SMILES string of the molecule is CC1CNCC(C)(O)O1. The molecule has 0 radical (unpaired) electrons. The maximum Gasteiger partial charge on any atom is 0.175 e. The molecule has 1 rings (SSSR count). The van der Waals surface area contributed by atoms with Crippen molar-refractivity contribution in [1.29, 1.82) is 0 Å². The zero-order valence-electron chi connectivity index (χ0n) is 5.85. The van der Waals surface area contributed by atoms with Gasteiger partial charge in [-0.2, -0.15) is 0 Å². The summed E-state index contributed by atoms with van der Waals surface area (Å²) in [5.74, 6) is -0.961. The number of nitrogens with one attached hydrogen (secondary N) is 1. The first-order valence-corrected chi connectivity index (χ1v) is 3.21. The maximum atomic E-state index is 9.26. The second kappa shape index (κ2) is 2.25. The van der Waals surface area contributed by atoms with Gasteiger partial charge in [0.2, 0.25) is 0 Å². The first-order valence-electron chi connectivity index (χ1n) is 3.21. The fourth-order valence-corrected chi connectivity index (χ4v) is 1.02. The van der Waals surface area contributed by atoms with E-state index in [1.54, 1.807) is 6.92 Å². The average molecular weight is 131 g/mol. The second-order valence-corrected chi connectivity index (χ2v) is 2.73. The monoisotopic (exact) mass is 131 g/mol. The lowest BCUT2D eigenvalue weighted by atomic mass is 10.2. The molecule has 1 heterocycles. The van der Waals surface area contributed by atoms with Crippen molar-refractivity contribution < 1.29 is 9.84 Å². The fraction of sp³-hybridized carbons (Fsp3) is 1.00. The van der Waals surface area contributed by atoms with Crippen molar-refractivity contribution in [3.63, 3.8) is 0 Å². The van der Waals surface area contributed by atoms with Crippen molar-refractivity contribution in [1.82, 2.24) is 5.32 Å². The Hall–Kier alpha value is -0.120. The number of β-amino-alcohol motifs (C(OH)–C–C–N with tert-alkyl or cyclic N) is 1. The van der Waals surface area contributed by atoms with Crippen molar-refractivity contribution >= 4 is 0 Å². The van der Waals surface area contributed by atoms with Gasteiger partial charge in [0, 0.05) is 13.1 Å². The van der Waals surface area contributed by atoms with Gasteiger partial charge in [0.1, 0.15) is 0 Å². The molecule has 1 aliphatic rings. The molecule has 54 valence electrons. The number of ether oxygens (including phenoxy) is 1. The third-order valence-corrected chi connectivity index (χ3v) is 1.34. The summed E-state index contributed by atoms with van der Waals surface area (Å²) in [6, 6.07) is 0. The van der Waals surface area contributed by atoms with Crippen LogP contribution in [-0.4, -0.2) is 30.1 Å². The Morgan fingerprint density at radius 3 is 2.78 bits per heavy atom. The number of morpholine rings is 1. The van der Waals surface area contributed by atoms with Crippen LogP contribution in [-0.2, 0) is 4.74 Å². The summed E-state index contributed by atoms with van der Waals surface area (Å²) in [4.78, 5) is 0. The number of hydrogen-bond acceptors (Lipinski definition) is 3. The van der Waals surface area contributed by atoms with Gasteiger partial charge < -0.3 is 15.2 Å². The molecule has 0 spiro atoms.